The molecule has 1 amide bonds. The summed E-state index contributed by atoms with van der Waals surface area (Å²) < 4.78 is 38.4. The molecule has 168 valence electrons. The maximum absolute atomic E-state index is 12.9. The van der Waals surface area contributed by atoms with Crippen LogP contribution in [0.3, 0.4) is 0 Å². The van der Waals surface area contributed by atoms with Crippen LogP contribution >= 0.6 is 11.6 Å². The highest BCUT2D eigenvalue weighted by Gasteiger charge is 2.30. The van der Waals surface area contributed by atoms with E-state index in [1.807, 2.05) is 47.4 Å². The van der Waals surface area contributed by atoms with Crippen LogP contribution in [0.25, 0.3) is 0 Å². The SMILES string of the molecule is CNC(=O)[C@H](c1ccccc1)N(CCCc1ccc(C(F)(F)F)cc1)c1ccc(Cl)cc1. The molecule has 32 heavy (non-hydrogen) atoms. The molecule has 0 spiro atoms. The molecule has 3 rings (SSSR count). The van der Waals surface area contributed by atoms with Crippen LogP contribution in [0.15, 0.2) is 78.9 Å². The van der Waals surface area contributed by atoms with Gasteiger partial charge in [-0.1, -0.05) is 54.1 Å². The van der Waals surface area contributed by atoms with Gasteiger partial charge in [-0.3, -0.25) is 4.79 Å². The van der Waals surface area contributed by atoms with Crippen molar-refractivity contribution in [3.63, 3.8) is 0 Å². The van der Waals surface area contributed by atoms with E-state index in [1.165, 1.54) is 12.1 Å². The number of halogens is 4. The second-order valence-electron chi connectivity index (χ2n) is 7.40. The summed E-state index contributed by atoms with van der Waals surface area (Å²) in [7, 11) is 1.60. The molecular weight excluding hydrogens is 437 g/mol. The summed E-state index contributed by atoms with van der Waals surface area (Å²) in [5.74, 6) is -0.152. The number of hydrogen-bond acceptors (Lipinski definition) is 2. The van der Waals surface area contributed by atoms with E-state index < -0.39 is 17.8 Å². The number of carbonyl (C=O) groups excluding carboxylic acids is 1. The van der Waals surface area contributed by atoms with E-state index >= 15 is 0 Å². The highest BCUT2D eigenvalue weighted by molar-refractivity contribution is 6.30. The predicted molar refractivity (Wildman–Crippen MR) is 122 cm³/mol. The standard InChI is InChI=1S/C25H24ClF3N2O/c1-30-24(32)23(19-7-3-2-4-8-19)31(22-15-13-21(26)14-16-22)17-5-6-18-9-11-20(12-10-18)25(27,28)29/h2-4,7-16,23H,5-6,17H2,1H3,(H,30,32)/t23-/m0/s1. The first-order valence-electron chi connectivity index (χ1n) is 10.2. The van der Waals surface area contributed by atoms with Crippen molar-refractivity contribution in [2.75, 3.05) is 18.5 Å². The smallest absolute Gasteiger partial charge is 0.357 e. The van der Waals surface area contributed by atoms with Crippen molar-refractivity contribution in [3.8, 4) is 0 Å². The molecule has 1 atom stereocenters. The molecule has 1 N–H and O–H groups in total. The molecule has 3 aromatic carbocycles. The molecule has 0 aliphatic carbocycles. The van der Waals surface area contributed by atoms with E-state index in [1.54, 1.807) is 19.2 Å². The van der Waals surface area contributed by atoms with E-state index in [4.69, 9.17) is 11.6 Å². The second-order valence-corrected chi connectivity index (χ2v) is 7.83. The van der Waals surface area contributed by atoms with Gasteiger partial charge in [0, 0.05) is 24.3 Å². The van der Waals surface area contributed by atoms with Gasteiger partial charge in [0.25, 0.3) is 0 Å². The number of nitrogens with zero attached hydrogens (tertiary/aromatic N) is 1. The molecule has 0 aromatic heterocycles. The summed E-state index contributed by atoms with van der Waals surface area (Å²) in [4.78, 5) is 14.9. The van der Waals surface area contributed by atoms with Gasteiger partial charge in [-0.25, -0.2) is 0 Å². The van der Waals surface area contributed by atoms with Crippen LogP contribution in [-0.4, -0.2) is 19.5 Å². The molecule has 0 unspecified atom stereocenters. The number of rotatable bonds is 8. The van der Waals surface area contributed by atoms with Crippen LogP contribution in [0, 0.1) is 0 Å². The molecule has 0 heterocycles. The highest BCUT2D eigenvalue weighted by atomic mass is 35.5. The Hall–Kier alpha value is -2.99. The van der Waals surface area contributed by atoms with Crippen molar-refractivity contribution in [2.24, 2.45) is 0 Å². The van der Waals surface area contributed by atoms with Crippen molar-refractivity contribution >= 4 is 23.2 Å². The highest BCUT2D eigenvalue weighted by Crippen LogP contribution is 2.31. The Bertz CT molecular complexity index is 1010. The van der Waals surface area contributed by atoms with Crippen molar-refractivity contribution in [1.29, 1.82) is 0 Å². The molecule has 0 aliphatic heterocycles. The molecule has 0 aliphatic rings. The summed E-state index contributed by atoms with van der Waals surface area (Å²) in [6.45, 7) is 0.523. The van der Waals surface area contributed by atoms with Gasteiger partial charge in [-0.15, -0.1) is 0 Å². The Kier molecular flexibility index (Phi) is 7.80. The van der Waals surface area contributed by atoms with Crippen molar-refractivity contribution in [1.82, 2.24) is 5.32 Å². The lowest BCUT2D eigenvalue weighted by Crippen LogP contribution is -2.40. The third-order valence-corrected chi connectivity index (χ3v) is 5.48. The Morgan fingerprint density at radius 1 is 0.969 bits per heavy atom. The average molecular weight is 461 g/mol. The monoisotopic (exact) mass is 460 g/mol. The third-order valence-electron chi connectivity index (χ3n) is 5.23. The lowest BCUT2D eigenvalue weighted by molar-refractivity contribution is -0.137. The molecule has 7 heteroatoms. The number of benzene rings is 3. The van der Waals surface area contributed by atoms with Gasteiger partial charge in [-0.05, 0) is 60.4 Å². The van der Waals surface area contributed by atoms with E-state index in [-0.39, 0.29) is 5.91 Å². The normalized spacial score (nSPS) is 12.3. The second kappa shape index (κ2) is 10.6. The largest absolute Gasteiger partial charge is 0.416 e. The van der Waals surface area contributed by atoms with Crippen LogP contribution in [0.1, 0.15) is 29.2 Å². The zero-order chi connectivity index (χ0) is 23.1. The Morgan fingerprint density at radius 3 is 2.16 bits per heavy atom. The first-order chi connectivity index (χ1) is 15.3. The molecule has 0 saturated heterocycles. The summed E-state index contributed by atoms with van der Waals surface area (Å²) >= 11 is 6.05. The molecule has 0 fully saturated rings. The number of likely N-dealkylation sites (N-methyl/N-ethyl adjacent to an activating group) is 1. The van der Waals surface area contributed by atoms with E-state index in [2.05, 4.69) is 5.32 Å². The van der Waals surface area contributed by atoms with Gasteiger partial charge >= 0.3 is 6.18 Å². The summed E-state index contributed by atoms with van der Waals surface area (Å²) in [5, 5.41) is 3.33. The number of amides is 1. The molecule has 0 saturated carbocycles. The quantitative estimate of drug-likeness (QED) is 0.428. The summed E-state index contributed by atoms with van der Waals surface area (Å²) in [6, 6.07) is 21.4. The average Bonchev–Trinajstić information content (AvgIpc) is 2.79. The lowest BCUT2D eigenvalue weighted by atomic mass is 10.0. The van der Waals surface area contributed by atoms with Gasteiger partial charge in [0.2, 0.25) is 5.91 Å². The van der Waals surface area contributed by atoms with Gasteiger partial charge in [0.15, 0.2) is 0 Å². The molecule has 0 bridgehead atoms. The topological polar surface area (TPSA) is 32.3 Å². The molecule has 3 aromatic rings. The number of carbonyl (C=O) groups is 1. The van der Waals surface area contributed by atoms with Crippen LogP contribution in [-0.2, 0) is 17.4 Å². The first-order valence-corrected chi connectivity index (χ1v) is 10.6. The number of anilines is 1. The summed E-state index contributed by atoms with van der Waals surface area (Å²) in [6.07, 6.45) is -3.12. The van der Waals surface area contributed by atoms with E-state index in [0.717, 1.165) is 28.9 Å². The van der Waals surface area contributed by atoms with Gasteiger partial charge in [-0.2, -0.15) is 13.2 Å². The lowest BCUT2D eigenvalue weighted by Gasteiger charge is -2.33. The number of hydrogen-bond donors (Lipinski definition) is 1. The minimum Gasteiger partial charge on any atom is -0.357 e. The first kappa shape index (κ1) is 23.7. The van der Waals surface area contributed by atoms with Crippen molar-refractivity contribution < 1.29 is 18.0 Å². The van der Waals surface area contributed by atoms with Crippen LogP contribution in [0.2, 0.25) is 5.02 Å². The fourth-order valence-electron chi connectivity index (χ4n) is 3.60. The minimum absolute atomic E-state index is 0.152. The Morgan fingerprint density at radius 2 is 1.59 bits per heavy atom. The van der Waals surface area contributed by atoms with Crippen molar-refractivity contribution in [2.45, 2.75) is 25.1 Å². The van der Waals surface area contributed by atoms with E-state index in [0.29, 0.717) is 24.4 Å². The molecular formula is C25H24ClF3N2O. The van der Waals surface area contributed by atoms with Gasteiger partial charge < -0.3 is 10.2 Å². The molecule has 3 nitrogen and oxygen atoms in total. The maximum atomic E-state index is 12.9. The fourth-order valence-corrected chi connectivity index (χ4v) is 3.72. The van der Waals surface area contributed by atoms with Crippen molar-refractivity contribution in [3.05, 3.63) is 101 Å². The predicted octanol–water partition coefficient (Wildman–Crippen LogP) is 6.29. The minimum atomic E-state index is -4.35. The summed E-state index contributed by atoms with van der Waals surface area (Å²) in [5.41, 5.74) is 1.83. The number of nitrogens with one attached hydrogen (secondary N) is 1. The third kappa shape index (κ3) is 6.04. The van der Waals surface area contributed by atoms with Crippen LogP contribution in [0.4, 0.5) is 18.9 Å². The van der Waals surface area contributed by atoms with Gasteiger partial charge in [0.05, 0.1) is 5.56 Å². The molecule has 0 radical (unpaired) electrons. The zero-order valence-electron chi connectivity index (χ0n) is 17.6. The van der Waals surface area contributed by atoms with Crippen LogP contribution < -0.4 is 10.2 Å². The number of alkyl halides is 3. The van der Waals surface area contributed by atoms with Crippen LogP contribution in [0.5, 0.6) is 0 Å². The zero-order valence-corrected chi connectivity index (χ0v) is 18.3. The fraction of sp³-hybridized carbons (Fsp3) is 0.240. The maximum Gasteiger partial charge on any atom is 0.416 e. The number of aryl methyl sites for hydroxylation is 1. The van der Waals surface area contributed by atoms with E-state index in [9.17, 15) is 18.0 Å². The van der Waals surface area contributed by atoms with Gasteiger partial charge in [0.1, 0.15) is 6.04 Å². The Balaban J connectivity index is 1.83. The Labute approximate surface area is 190 Å².